The third-order valence-corrected chi connectivity index (χ3v) is 4.81. The molecule has 1 aromatic rings. The molecular weight excluding hydrogens is 306 g/mol. The molecule has 4 heteroatoms. The molecule has 2 fully saturated rings. The lowest BCUT2D eigenvalue weighted by Crippen LogP contribution is -2.38. The lowest BCUT2D eigenvalue weighted by atomic mass is 10.1. The van der Waals surface area contributed by atoms with Gasteiger partial charge in [-0.1, -0.05) is 28.1 Å². The van der Waals surface area contributed by atoms with Crippen molar-refractivity contribution in [3.8, 4) is 0 Å². The molecule has 1 aromatic carbocycles. The van der Waals surface area contributed by atoms with Gasteiger partial charge in [0.05, 0.1) is 12.6 Å². The number of nitrogens with zero attached hydrogens (tertiary/aromatic N) is 1. The van der Waals surface area contributed by atoms with Crippen LogP contribution in [0.15, 0.2) is 28.7 Å². The van der Waals surface area contributed by atoms with Crippen LogP contribution in [-0.2, 0) is 4.79 Å². The number of carbonyl (C=O) groups is 1. The number of amides is 1. The second-order valence-corrected chi connectivity index (χ2v) is 6.43. The number of halogens is 1. The van der Waals surface area contributed by atoms with Crippen molar-refractivity contribution < 1.29 is 9.90 Å². The van der Waals surface area contributed by atoms with E-state index in [-0.39, 0.29) is 24.5 Å². The molecule has 1 N–H and O–H groups in total. The number of benzene rings is 1. The highest BCUT2D eigenvalue weighted by atomic mass is 79.9. The summed E-state index contributed by atoms with van der Waals surface area (Å²) in [5, 5.41) is 9.30. The van der Waals surface area contributed by atoms with Gasteiger partial charge in [-0.2, -0.15) is 0 Å². The Hall–Kier alpha value is -0.870. The Balaban J connectivity index is 1.66. The molecule has 0 spiro atoms. The lowest BCUT2D eigenvalue weighted by molar-refractivity contribution is -0.134. The van der Waals surface area contributed by atoms with E-state index < -0.39 is 0 Å². The number of carbonyl (C=O) groups excluding carboxylic acids is 1. The smallest absolute Gasteiger partial charge is 0.226 e. The molecule has 3 rings (SSSR count). The summed E-state index contributed by atoms with van der Waals surface area (Å²) in [4.78, 5) is 14.3. The van der Waals surface area contributed by atoms with Crippen molar-refractivity contribution in [1.29, 1.82) is 0 Å². The van der Waals surface area contributed by atoms with E-state index in [0.717, 1.165) is 30.3 Å². The van der Waals surface area contributed by atoms with Crippen LogP contribution in [-0.4, -0.2) is 35.1 Å². The van der Waals surface area contributed by atoms with E-state index in [1.807, 2.05) is 17.0 Å². The summed E-state index contributed by atoms with van der Waals surface area (Å²) >= 11 is 3.43. The van der Waals surface area contributed by atoms with Crippen LogP contribution < -0.4 is 0 Å². The molecule has 0 aromatic heterocycles. The number of hydrogen-bond donors (Lipinski definition) is 1. The Morgan fingerprint density at radius 1 is 1.37 bits per heavy atom. The van der Waals surface area contributed by atoms with E-state index in [0.29, 0.717) is 5.92 Å². The van der Waals surface area contributed by atoms with E-state index in [1.165, 1.54) is 5.56 Å². The number of aliphatic hydroxyl groups is 1. The zero-order valence-electron chi connectivity index (χ0n) is 10.8. The molecule has 1 aliphatic heterocycles. The molecule has 1 amide bonds. The molecule has 0 unspecified atom stereocenters. The summed E-state index contributed by atoms with van der Waals surface area (Å²) in [6.45, 7) is 0.912. The minimum atomic E-state index is 0.0543. The molecule has 3 atom stereocenters. The van der Waals surface area contributed by atoms with Crippen LogP contribution in [0.4, 0.5) is 0 Å². The summed E-state index contributed by atoms with van der Waals surface area (Å²) in [7, 11) is 0. The van der Waals surface area contributed by atoms with Crippen LogP contribution in [0.25, 0.3) is 0 Å². The van der Waals surface area contributed by atoms with Crippen molar-refractivity contribution in [3.63, 3.8) is 0 Å². The average Bonchev–Trinajstić information content (AvgIpc) is 3.07. The van der Waals surface area contributed by atoms with Gasteiger partial charge in [-0.05, 0) is 42.9 Å². The van der Waals surface area contributed by atoms with Gasteiger partial charge in [-0.15, -0.1) is 0 Å². The molecular formula is C15H18BrNO2. The molecule has 0 radical (unpaired) electrons. The number of hydrogen-bond acceptors (Lipinski definition) is 2. The van der Waals surface area contributed by atoms with Crippen molar-refractivity contribution in [1.82, 2.24) is 4.90 Å². The molecule has 19 heavy (non-hydrogen) atoms. The third-order valence-electron chi connectivity index (χ3n) is 4.28. The lowest BCUT2D eigenvalue weighted by Gasteiger charge is -2.23. The van der Waals surface area contributed by atoms with E-state index in [1.54, 1.807) is 0 Å². The van der Waals surface area contributed by atoms with Crippen molar-refractivity contribution in [2.45, 2.75) is 31.2 Å². The van der Waals surface area contributed by atoms with Gasteiger partial charge in [0.15, 0.2) is 0 Å². The van der Waals surface area contributed by atoms with Crippen LogP contribution in [0.1, 0.15) is 30.7 Å². The van der Waals surface area contributed by atoms with Gasteiger partial charge in [0, 0.05) is 16.9 Å². The van der Waals surface area contributed by atoms with Crippen LogP contribution >= 0.6 is 15.9 Å². The maximum Gasteiger partial charge on any atom is 0.226 e. The molecule has 1 saturated carbocycles. The Labute approximate surface area is 121 Å². The number of rotatable bonds is 3. The average molecular weight is 324 g/mol. The Bertz CT molecular complexity index is 474. The van der Waals surface area contributed by atoms with Gasteiger partial charge in [0.2, 0.25) is 5.91 Å². The normalized spacial score (nSPS) is 29.6. The molecule has 102 valence electrons. The third kappa shape index (κ3) is 2.56. The molecule has 1 saturated heterocycles. The molecule has 2 aliphatic rings. The van der Waals surface area contributed by atoms with Crippen LogP contribution in [0.2, 0.25) is 0 Å². The van der Waals surface area contributed by atoms with Gasteiger partial charge >= 0.3 is 0 Å². The van der Waals surface area contributed by atoms with Gasteiger partial charge in [0.1, 0.15) is 0 Å². The standard InChI is InChI=1S/C15H18BrNO2/c16-11-5-3-10(4-6-11)13-8-14(13)15(19)17-7-1-2-12(17)9-18/h3-6,12-14,18H,1-2,7-9H2/t12-,13-,14+/m1/s1. The number of aliphatic hydroxyl groups excluding tert-OH is 1. The zero-order valence-corrected chi connectivity index (χ0v) is 12.3. The van der Waals surface area contributed by atoms with Crippen LogP contribution in [0.5, 0.6) is 0 Å². The quantitative estimate of drug-likeness (QED) is 0.928. The minimum Gasteiger partial charge on any atom is -0.394 e. The zero-order chi connectivity index (χ0) is 13.4. The number of likely N-dealkylation sites (tertiary alicyclic amines) is 1. The van der Waals surface area contributed by atoms with Crippen molar-refractivity contribution in [2.75, 3.05) is 13.2 Å². The first-order chi connectivity index (χ1) is 9.20. The first-order valence-electron chi connectivity index (χ1n) is 6.87. The van der Waals surface area contributed by atoms with E-state index in [2.05, 4.69) is 28.1 Å². The maximum absolute atomic E-state index is 12.4. The highest BCUT2D eigenvalue weighted by Crippen LogP contribution is 2.49. The fraction of sp³-hybridized carbons (Fsp3) is 0.533. The summed E-state index contributed by atoms with van der Waals surface area (Å²) in [6.07, 6.45) is 2.92. The van der Waals surface area contributed by atoms with Crippen molar-refractivity contribution in [3.05, 3.63) is 34.3 Å². The topological polar surface area (TPSA) is 40.5 Å². The fourth-order valence-electron chi connectivity index (χ4n) is 3.07. The predicted octanol–water partition coefficient (Wildman–Crippen LogP) is 2.54. The predicted molar refractivity (Wildman–Crippen MR) is 76.8 cm³/mol. The highest BCUT2D eigenvalue weighted by Gasteiger charge is 2.47. The maximum atomic E-state index is 12.4. The molecule has 3 nitrogen and oxygen atoms in total. The second-order valence-electron chi connectivity index (χ2n) is 5.51. The van der Waals surface area contributed by atoms with Crippen LogP contribution in [0, 0.1) is 5.92 Å². The van der Waals surface area contributed by atoms with Gasteiger partial charge in [-0.25, -0.2) is 0 Å². The molecule has 0 bridgehead atoms. The summed E-state index contributed by atoms with van der Waals surface area (Å²) in [5.41, 5.74) is 1.25. The Morgan fingerprint density at radius 2 is 2.11 bits per heavy atom. The van der Waals surface area contributed by atoms with Crippen molar-refractivity contribution in [2.24, 2.45) is 5.92 Å². The molecule has 1 aliphatic carbocycles. The first kappa shape index (κ1) is 13.1. The van der Waals surface area contributed by atoms with E-state index in [9.17, 15) is 9.90 Å². The van der Waals surface area contributed by atoms with E-state index in [4.69, 9.17) is 0 Å². The Kier molecular flexibility index (Phi) is 3.63. The fourth-order valence-corrected chi connectivity index (χ4v) is 3.34. The van der Waals surface area contributed by atoms with E-state index >= 15 is 0 Å². The second kappa shape index (κ2) is 5.25. The van der Waals surface area contributed by atoms with Crippen LogP contribution in [0.3, 0.4) is 0 Å². The van der Waals surface area contributed by atoms with Crippen molar-refractivity contribution >= 4 is 21.8 Å². The van der Waals surface area contributed by atoms with Gasteiger partial charge < -0.3 is 10.0 Å². The summed E-state index contributed by atoms with van der Waals surface area (Å²) < 4.78 is 1.07. The minimum absolute atomic E-state index is 0.0543. The Morgan fingerprint density at radius 3 is 2.79 bits per heavy atom. The van der Waals surface area contributed by atoms with Gasteiger partial charge in [0.25, 0.3) is 0 Å². The summed E-state index contributed by atoms with van der Waals surface area (Å²) in [6, 6.07) is 8.30. The molecule has 1 heterocycles. The summed E-state index contributed by atoms with van der Waals surface area (Å²) in [5.74, 6) is 0.748. The highest BCUT2D eigenvalue weighted by molar-refractivity contribution is 9.10. The largest absolute Gasteiger partial charge is 0.394 e. The van der Waals surface area contributed by atoms with Gasteiger partial charge in [-0.3, -0.25) is 4.79 Å². The SMILES string of the molecule is O=C([C@H]1C[C@@H]1c1ccc(Br)cc1)N1CCC[C@@H]1CO. The monoisotopic (exact) mass is 323 g/mol. The first-order valence-corrected chi connectivity index (χ1v) is 7.67.